The first-order valence-corrected chi connectivity index (χ1v) is 9.45. The Balaban J connectivity index is 2.03. The highest BCUT2D eigenvalue weighted by Gasteiger charge is 2.59. The summed E-state index contributed by atoms with van der Waals surface area (Å²) in [6.07, 6.45) is -0.779. The molecule has 3 N–H and O–H groups in total. The van der Waals surface area contributed by atoms with Crippen molar-refractivity contribution in [3.8, 4) is 0 Å². The van der Waals surface area contributed by atoms with E-state index in [0.29, 0.717) is 11.3 Å². The largest absolute Gasteiger partial charge is 0.479 e. The number of carbonyl (C=O) groups is 3. The van der Waals surface area contributed by atoms with Crippen molar-refractivity contribution in [1.82, 2.24) is 0 Å². The van der Waals surface area contributed by atoms with E-state index in [1.54, 1.807) is 37.3 Å². The maximum atomic E-state index is 13.1. The Morgan fingerprint density at radius 3 is 2.52 bits per heavy atom. The second-order valence-electron chi connectivity index (χ2n) is 7.23. The van der Waals surface area contributed by atoms with Crippen molar-refractivity contribution in [3.63, 3.8) is 0 Å². The molecule has 2 aromatic rings. The predicted octanol–water partition coefficient (Wildman–Crippen LogP) is 2.82. The Labute approximate surface area is 169 Å². The Morgan fingerprint density at radius 1 is 1.21 bits per heavy atom. The van der Waals surface area contributed by atoms with Gasteiger partial charge in [-0.15, -0.1) is 0 Å². The van der Waals surface area contributed by atoms with Crippen LogP contribution in [-0.2, 0) is 27.4 Å². The molecule has 0 radical (unpaired) electrons. The topological polar surface area (TPSA) is 110 Å². The number of fused-ring (bicyclic) bond motifs is 1. The minimum atomic E-state index is -2.13. The van der Waals surface area contributed by atoms with E-state index in [2.05, 4.69) is 0 Å². The van der Waals surface area contributed by atoms with Crippen LogP contribution in [0.3, 0.4) is 0 Å². The molecule has 0 saturated heterocycles. The minimum Gasteiger partial charge on any atom is -0.479 e. The van der Waals surface area contributed by atoms with Gasteiger partial charge >= 0.3 is 12.1 Å². The number of nitrogens with two attached hydrogens (primary N) is 1. The normalized spacial score (nSPS) is 18.8. The van der Waals surface area contributed by atoms with Crippen molar-refractivity contribution >= 4 is 23.5 Å². The van der Waals surface area contributed by atoms with Gasteiger partial charge in [-0.1, -0.05) is 55.0 Å². The number of aliphatic carboxylic acids is 1. The van der Waals surface area contributed by atoms with E-state index in [1.165, 1.54) is 0 Å². The van der Waals surface area contributed by atoms with E-state index < -0.39 is 29.4 Å². The van der Waals surface area contributed by atoms with Crippen LogP contribution in [0.15, 0.2) is 48.5 Å². The highest BCUT2D eigenvalue weighted by atomic mass is 16.6. The van der Waals surface area contributed by atoms with E-state index in [1.807, 2.05) is 25.1 Å². The number of aryl methyl sites for hydroxylation is 1. The summed E-state index contributed by atoms with van der Waals surface area (Å²) in [7, 11) is 0. The molecule has 0 bridgehead atoms. The third kappa shape index (κ3) is 3.61. The smallest absolute Gasteiger partial charge is 0.416 e. The van der Waals surface area contributed by atoms with Crippen LogP contribution in [0.4, 0.5) is 10.5 Å². The number of carbonyl (C=O) groups excluding carboxylic acids is 2. The molecular weight excluding hydrogens is 372 g/mol. The predicted molar refractivity (Wildman–Crippen MR) is 108 cm³/mol. The number of carboxylic acid groups (broad SMARTS) is 1. The van der Waals surface area contributed by atoms with Gasteiger partial charge in [0.25, 0.3) is 0 Å². The molecule has 0 aliphatic carbocycles. The summed E-state index contributed by atoms with van der Waals surface area (Å²) < 4.78 is 5.40. The van der Waals surface area contributed by atoms with Gasteiger partial charge in [0.05, 0.1) is 11.7 Å². The number of ketones is 1. The Hall–Kier alpha value is -3.19. The van der Waals surface area contributed by atoms with Crippen molar-refractivity contribution in [2.75, 3.05) is 4.90 Å². The summed E-state index contributed by atoms with van der Waals surface area (Å²) in [5, 5.41) is 10.1. The standard InChI is InChI=1S/C22H24N2O5/c1-3-17(23)19(25)22(20(26)27)12-16-11-14(2)9-10-18(16)24(22)21(28)29-13-15-7-5-4-6-8-15/h4-11,17H,3,12-13,23H2,1-2H3,(H,26,27)/t17-,22+/m1/s1. The molecule has 1 aliphatic rings. The highest BCUT2D eigenvalue weighted by molar-refractivity contribution is 6.19. The summed E-state index contributed by atoms with van der Waals surface area (Å²) in [6.45, 7) is 3.52. The SMILES string of the molecule is CC[C@@H](N)C(=O)[C@]1(C(=O)O)Cc2cc(C)ccc2N1C(=O)OCc1ccccc1. The van der Waals surface area contributed by atoms with Gasteiger partial charge in [0.15, 0.2) is 5.78 Å². The number of hydrogen-bond acceptors (Lipinski definition) is 5. The van der Waals surface area contributed by atoms with Crippen LogP contribution < -0.4 is 10.6 Å². The maximum Gasteiger partial charge on any atom is 0.416 e. The fourth-order valence-electron chi connectivity index (χ4n) is 3.64. The lowest BCUT2D eigenvalue weighted by Gasteiger charge is -2.34. The molecule has 0 saturated carbocycles. The number of amides is 1. The average molecular weight is 396 g/mol. The molecule has 2 atom stereocenters. The number of nitrogens with zero attached hydrogens (tertiary/aromatic N) is 1. The minimum absolute atomic E-state index is 0.0406. The molecule has 7 nitrogen and oxygen atoms in total. The molecule has 0 unspecified atom stereocenters. The van der Waals surface area contributed by atoms with Gasteiger partial charge in [-0.05, 0) is 30.5 Å². The highest BCUT2D eigenvalue weighted by Crippen LogP contribution is 2.41. The molecule has 0 spiro atoms. The van der Waals surface area contributed by atoms with E-state index >= 15 is 0 Å². The van der Waals surface area contributed by atoms with Crippen LogP contribution in [0.2, 0.25) is 0 Å². The molecule has 1 aliphatic heterocycles. The summed E-state index contributed by atoms with van der Waals surface area (Å²) in [5.74, 6) is -2.13. The van der Waals surface area contributed by atoms with Gasteiger partial charge in [-0.25, -0.2) is 9.59 Å². The first-order chi connectivity index (χ1) is 13.8. The fraction of sp³-hybridized carbons (Fsp3) is 0.318. The van der Waals surface area contributed by atoms with Crippen LogP contribution in [0, 0.1) is 6.92 Å². The first-order valence-electron chi connectivity index (χ1n) is 9.45. The van der Waals surface area contributed by atoms with E-state index in [-0.39, 0.29) is 19.4 Å². The Morgan fingerprint density at radius 2 is 1.90 bits per heavy atom. The van der Waals surface area contributed by atoms with Crippen molar-refractivity contribution in [2.45, 2.75) is 44.9 Å². The van der Waals surface area contributed by atoms with Gasteiger partial charge in [-0.2, -0.15) is 0 Å². The third-order valence-electron chi connectivity index (χ3n) is 5.23. The van der Waals surface area contributed by atoms with Crippen molar-refractivity contribution < 1.29 is 24.2 Å². The van der Waals surface area contributed by atoms with E-state index in [9.17, 15) is 19.5 Å². The Bertz CT molecular complexity index is 943. The van der Waals surface area contributed by atoms with Crippen LogP contribution >= 0.6 is 0 Å². The Kier molecular flexibility index (Phi) is 5.70. The first kappa shape index (κ1) is 20.5. The number of ether oxygens (including phenoxy) is 1. The van der Waals surface area contributed by atoms with Crippen LogP contribution in [0.25, 0.3) is 0 Å². The van der Waals surface area contributed by atoms with Gasteiger partial charge in [0.2, 0.25) is 5.54 Å². The lowest BCUT2D eigenvalue weighted by Crippen LogP contribution is -2.65. The van der Waals surface area contributed by atoms with Crippen molar-refractivity contribution in [1.29, 1.82) is 0 Å². The molecule has 1 heterocycles. The molecule has 3 rings (SSSR count). The third-order valence-corrected chi connectivity index (χ3v) is 5.23. The zero-order valence-electron chi connectivity index (χ0n) is 16.4. The molecule has 0 aromatic heterocycles. The van der Waals surface area contributed by atoms with Crippen LogP contribution in [0.5, 0.6) is 0 Å². The summed E-state index contributed by atoms with van der Waals surface area (Å²) in [6, 6.07) is 13.2. The maximum absolute atomic E-state index is 13.1. The molecule has 1 amide bonds. The molecule has 7 heteroatoms. The number of rotatable bonds is 6. The van der Waals surface area contributed by atoms with Crippen LogP contribution in [0.1, 0.15) is 30.0 Å². The summed E-state index contributed by atoms with van der Waals surface area (Å²) >= 11 is 0. The fourth-order valence-corrected chi connectivity index (χ4v) is 3.64. The van der Waals surface area contributed by atoms with Crippen molar-refractivity contribution in [2.24, 2.45) is 5.73 Å². The van der Waals surface area contributed by atoms with Gasteiger partial charge in [0, 0.05) is 6.42 Å². The molecule has 0 fully saturated rings. The molecule has 2 aromatic carbocycles. The van der Waals surface area contributed by atoms with Crippen molar-refractivity contribution in [3.05, 3.63) is 65.2 Å². The molecule has 29 heavy (non-hydrogen) atoms. The van der Waals surface area contributed by atoms with E-state index in [0.717, 1.165) is 16.0 Å². The number of anilines is 1. The number of Topliss-reactive ketones (excluding diaryl/α,β-unsaturated/α-hetero) is 1. The number of carboxylic acids is 1. The number of benzene rings is 2. The zero-order valence-corrected chi connectivity index (χ0v) is 16.4. The van der Waals surface area contributed by atoms with Gasteiger partial charge in [-0.3, -0.25) is 9.69 Å². The van der Waals surface area contributed by atoms with Gasteiger partial charge in [0.1, 0.15) is 6.61 Å². The molecular formula is C22H24N2O5. The van der Waals surface area contributed by atoms with E-state index in [4.69, 9.17) is 10.5 Å². The summed E-state index contributed by atoms with van der Waals surface area (Å²) in [5.41, 5.74) is 6.40. The zero-order chi connectivity index (χ0) is 21.2. The lowest BCUT2D eigenvalue weighted by molar-refractivity contribution is -0.148. The lowest BCUT2D eigenvalue weighted by atomic mass is 9.85. The second kappa shape index (κ2) is 8.05. The quantitative estimate of drug-likeness (QED) is 0.727. The summed E-state index contributed by atoms with van der Waals surface area (Å²) in [4.78, 5) is 39.5. The number of hydrogen-bond donors (Lipinski definition) is 2. The van der Waals surface area contributed by atoms with Crippen LogP contribution in [-0.4, -0.2) is 34.5 Å². The monoisotopic (exact) mass is 396 g/mol. The molecule has 152 valence electrons. The second-order valence-corrected chi connectivity index (χ2v) is 7.23. The average Bonchev–Trinajstić information content (AvgIpc) is 3.07. The van der Waals surface area contributed by atoms with Gasteiger partial charge < -0.3 is 15.6 Å².